The van der Waals surface area contributed by atoms with E-state index < -0.39 is 0 Å². The lowest BCUT2D eigenvalue weighted by Gasteiger charge is -2.17. The number of aliphatic hydroxyl groups is 1. The second-order valence-electron chi connectivity index (χ2n) is 5.25. The predicted octanol–water partition coefficient (Wildman–Crippen LogP) is 2.30. The molecule has 20 heavy (non-hydrogen) atoms. The molecule has 1 fully saturated rings. The summed E-state index contributed by atoms with van der Waals surface area (Å²) < 4.78 is 0. The van der Waals surface area contributed by atoms with E-state index in [4.69, 9.17) is 16.7 Å². The third-order valence-electron chi connectivity index (χ3n) is 3.66. The minimum Gasteiger partial charge on any atom is -0.396 e. The molecule has 0 bridgehead atoms. The Labute approximate surface area is 124 Å². The second-order valence-corrected chi connectivity index (χ2v) is 5.68. The van der Waals surface area contributed by atoms with Crippen molar-refractivity contribution < 1.29 is 9.90 Å². The number of hydrogen-bond donors (Lipinski definition) is 2. The summed E-state index contributed by atoms with van der Waals surface area (Å²) in [5, 5.41) is 12.7. The number of amides is 2. The van der Waals surface area contributed by atoms with E-state index in [0.29, 0.717) is 13.1 Å². The van der Waals surface area contributed by atoms with Crippen molar-refractivity contribution in [1.82, 2.24) is 10.2 Å². The molecule has 2 N–H and O–H groups in total. The van der Waals surface area contributed by atoms with E-state index in [1.807, 2.05) is 24.3 Å². The lowest BCUT2D eigenvalue weighted by atomic mass is 10.1. The number of rotatable bonds is 5. The van der Waals surface area contributed by atoms with E-state index in [-0.39, 0.29) is 18.6 Å². The number of benzene rings is 1. The fourth-order valence-corrected chi connectivity index (χ4v) is 2.54. The zero-order valence-corrected chi connectivity index (χ0v) is 12.3. The fourth-order valence-electron chi connectivity index (χ4n) is 2.42. The van der Waals surface area contributed by atoms with Gasteiger partial charge >= 0.3 is 6.03 Å². The number of carbonyl (C=O) groups excluding carboxylic acids is 1. The molecule has 1 atom stereocenters. The summed E-state index contributed by atoms with van der Waals surface area (Å²) in [4.78, 5) is 13.7. The Morgan fingerprint density at radius 3 is 2.80 bits per heavy atom. The molecule has 5 heteroatoms. The number of aliphatic hydroxyl groups excluding tert-OH is 1. The Balaban J connectivity index is 1.63. The topological polar surface area (TPSA) is 52.6 Å². The minimum absolute atomic E-state index is 0.0166. The van der Waals surface area contributed by atoms with Gasteiger partial charge in [0.2, 0.25) is 0 Å². The summed E-state index contributed by atoms with van der Waals surface area (Å²) in [7, 11) is 0. The molecule has 110 valence electrons. The Bertz CT molecular complexity index is 436. The molecule has 1 heterocycles. The highest BCUT2D eigenvalue weighted by molar-refractivity contribution is 6.30. The lowest BCUT2D eigenvalue weighted by Crippen LogP contribution is -2.39. The van der Waals surface area contributed by atoms with Crippen LogP contribution < -0.4 is 5.32 Å². The molecular weight excluding hydrogens is 276 g/mol. The van der Waals surface area contributed by atoms with Crippen molar-refractivity contribution in [2.75, 3.05) is 26.2 Å². The van der Waals surface area contributed by atoms with Crippen molar-refractivity contribution in [3.63, 3.8) is 0 Å². The predicted molar refractivity (Wildman–Crippen MR) is 79.9 cm³/mol. The van der Waals surface area contributed by atoms with Crippen molar-refractivity contribution in [3.05, 3.63) is 34.9 Å². The van der Waals surface area contributed by atoms with Crippen LogP contribution in [-0.4, -0.2) is 42.3 Å². The molecule has 0 aliphatic carbocycles. The van der Waals surface area contributed by atoms with Gasteiger partial charge in [-0.15, -0.1) is 0 Å². The summed E-state index contributed by atoms with van der Waals surface area (Å²) in [6.45, 7) is 2.25. The normalized spacial score (nSPS) is 18.3. The van der Waals surface area contributed by atoms with Crippen LogP contribution in [0.5, 0.6) is 0 Å². The van der Waals surface area contributed by atoms with Gasteiger partial charge in [-0.1, -0.05) is 23.7 Å². The quantitative estimate of drug-likeness (QED) is 0.819. The molecule has 2 rings (SSSR count). The largest absolute Gasteiger partial charge is 0.396 e. The van der Waals surface area contributed by atoms with Crippen molar-refractivity contribution >= 4 is 17.6 Å². The Hall–Kier alpha value is -1.26. The molecule has 1 aromatic rings. The molecular formula is C15H21ClN2O2. The molecule has 0 radical (unpaired) electrons. The van der Waals surface area contributed by atoms with Crippen molar-refractivity contribution in [3.8, 4) is 0 Å². The molecule has 2 amide bonds. The maximum Gasteiger partial charge on any atom is 0.317 e. The molecule has 1 aliphatic rings. The van der Waals surface area contributed by atoms with Crippen LogP contribution >= 0.6 is 11.6 Å². The highest BCUT2D eigenvalue weighted by Gasteiger charge is 2.25. The standard InChI is InChI=1S/C15H21ClN2O2/c16-14-5-3-12(4-6-14)2-1-8-17-15(20)18-9-7-13(10-18)11-19/h3-6,13,19H,1-2,7-11H2,(H,17,20). The zero-order chi connectivity index (χ0) is 14.4. The molecule has 1 saturated heterocycles. The van der Waals surface area contributed by atoms with Crippen molar-refractivity contribution in [2.24, 2.45) is 5.92 Å². The molecule has 1 aliphatic heterocycles. The maximum absolute atomic E-state index is 11.9. The monoisotopic (exact) mass is 296 g/mol. The first kappa shape index (κ1) is 15.1. The summed E-state index contributed by atoms with van der Waals surface area (Å²) in [6, 6.07) is 7.77. The second kappa shape index (κ2) is 7.50. The molecule has 0 spiro atoms. The zero-order valence-electron chi connectivity index (χ0n) is 11.5. The van der Waals surface area contributed by atoms with Crippen LogP contribution in [0.2, 0.25) is 5.02 Å². The van der Waals surface area contributed by atoms with Gasteiger partial charge in [0.25, 0.3) is 0 Å². The number of carbonyl (C=O) groups is 1. The number of aryl methyl sites for hydroxylation is 1. The number of nitrogens with zero attached hydrogens (tertiary/aromatic N) is 1. The Kier molecular flexibility index (Phi) is 5.68. The van der Waals surface area contributed by atoms with E-state index >= 15 is 0 Å². The minimum atomic E-state index is -0.0166. The van der Waals surface area contributed by atoms with Gasteiger partial charge in [0, 0.05) is 37.2 Å². The van der Waals surface area contributed by atoms with Crippen LogP contribution in [0.15, 0.2) is 24.3 Å². The summed E-state index contributed by atoms with van der Waals surface area (Å²) in [5.74, 6) is 0.245. The fraction of sp³-hybridized carbons (Fsp3) is 0.533. The highest BCUT2D eigenvalue weighted by Crippen LogP contribution is 2.15. The van der Waals surface area contributed by atoms with Gasteiger partial charge < -0.3 is 15.3 Å². The van der Waals surface area contributed by atoms with E-state index in [1.165, 1.54) is 5.56 Å². The summed E-state index contributed by atoms with van der Waals surface area (Å²) in [5.41, 5.74) is 1.23. The van der Waals surface area contributed by atoms with E-state index in [9.17, 15) is 4.79 Å². The molecule has 0 aromatic heterocycles. The average Bonchev–Trinajstić information content (AvgIpc) is 2.94. The SMILES string of the molecule is O=C(NCCCc1ccc(Cl)cc1)N1CCC(CO)C1. The van der Waals surface area contributed by atoms with Crippen LogP contribution in [0.25, 0.3) is 0 Å². The van der Waals surface area contributed by atoms with E-state index in [2.05, 4.69) is 5.32 Å². The molecule has 4 nitrogen and oxygen atoms in total. The average molecular weight is 297 g/mol. The highest BCUT2D eigenvalue weighted by atomic mass is 35.5. The third-order valence-corrected chi connectivity index (χ3v) is 3.91. The number of nitrogens with one attached hydrogen (secondary N) is 1. The van der Waals surface area contributed by atoms with Crippen molar-refractivity contribution in [2.45, 2.75) is 19.3 Å². The van der Waals surface area contributed by atoms with Gasteiger partial charge in [-0.05, 0) is 37.0 Å². The number of likely N-dealkylation sites (tertiary alicyclic amines) is 1. The van der Waals surface area contributed by atoms with Crippen LogP contribution in [0.4, 0.5) is 4.79 Å². The van der Waals surface area contributed by atoms with Gasteiger partial charge in [0.05, 0.1) is 0 Å². The summed E-state index contributed by atoms with van der Waals surface area (Å²) >= 11 is 5.83. The van der Waals surface area contributed by atoms with E-state index in [0.717, 1.165) is 30.8 Å². The molecule has 1 aromatic carbocycles. The third kappa shape index (κ3) is 4.39. The van der Waals surface area contributed by atoms with Gasteiger partial charge in [0.15, 0.2) is 0 Å². The maximum atomic E-state index is 11.9. The van der Waals surface area contributed by atoms with Gasteiger partial charge in [-0.25, -0.2) is 4.79 Å². The van der Waals surface area contributed by atoms with Gasteiger partial charge in [-0.3, -0.25) is 0 Å². The smallest absolute Gasteiger partial charge is 0.317 e. The first-order chi connectivity index (χ1) is 9.69. The van der Waals surface area contributed by atoms with Gasteiger partial charge in [-0.2, -0.15) is 0 Å². The number of halogens is 1. The van der Waals surface area contributed by atoms with Gasteiger partial charge in [0.1, 0.15) is 0 Å². The first-order valence-corrected chi connectivity index (χ1v) is 7.45. The molecule has 0 saturated carbocycles. The van der Waals surface area contributed by atoms with Crippen molar-refractivity contribution in [1.29, 1.82) is 0 Å². The van der Waals surface area contributed by atoms with Crippen LogP contribution in [0.1, 0.15) is 18.4 Å². The van der Waals surface area contributed by atoms with Crippen LogP contribution in [0.3, 0.4) is 0 Å². The van der Waals surface area contributed by atoms with Crippen LogP contribution in [-0.2, 0) is 6.42 Å². The molecule has 1 unspecified atom stereocenters. The van der Waals surface area contributed by atoms with E-state index in [1.54, 1.807) is 4.90 Å². The Morgan fingerprint density at radius 1 is 1.40 bits per heavy atom. The summed E-state index contributed by atoms with van der Waals surface area (Å²) in [6.07, 6.45) is 2.73. The number of urea groups is 1. The van der Waals surface area contributed by atoms with Crippen LogP contribution in [0, 0.1) is 5.92 Å². The Morgan fingerprint density at radius 2 is 2.15 bits per heavy atom. The lowest BCUT2D eigenvalue weighted by molar-refractivity contribution is 0.198. The number of hydrogen-bond acceptors (Lipinski definition) is 2. The first-order valence-electron chi connectivity index (χ1n) is 7.07.